The van der Waals surface area contributed by atoms with Crippen molar-refractivity contribution in [3.63, 3.8) is 0 Å². The predicted molar refractivity (Wildman–Crippen MR) is 84.8 cm³/mol. The summed E-state index contributed by atoms with van der Waals surface area (Å²) in [7, 11) is -3.75. The van der Waals surface area contributed by atoms with Crippen molar-refractivity contribution >= 4 is 32.6 Å². The predicted octanol–water partition coefficient (Wildman–Crippen LogP) is 2.86. The molecule has 0 atom stereocenters. The van der Waals surface area contributed by atoms with Crippen LogP contribution in [-0.4, -0.2) is 19.5 Å². The minimum atomic E-state index is -3.75. The second kappa shape index (κ2) is 5.77. The van der Waals surface area contributed by atoms with Crippen LogP contribution in [0.4, 0.5) is 5.69 Å². The van der Waals surface area contributed by atoms with E-state index in [1.165, 1.54) is 30.5 Å². The van der Waals surface area contributed by atoms with Gasteiger partial charge in [-0.3, -0.25) is 9.52 Å². The van der Waals surface area contributed by atoms with Gasteiger partial charge in [0.2, 0.25) is 0 Å². The second-order valence-corrected chi connectivity index (χ2v) is 6.68. The van der Waals surface area contributed by atoms with E-state index in [1.54, 1.807) is 24.3 Å². The Labute approximate surface area is 132 Å². The van der Waals surface area contributed by atoms with E-state index in [2.05, 4.69) is 4.72 Å². The number of furan rings is 1. The molecule has 0 radical (unpaired) electrons. The Morgan fingerprint density at radius 1 is 1.09 bits per heavy atom. The van der Waals surface area contributed by atoms with E-state index in [0.29, 0.717) is 16.8 Å². The van der Waals surface area contributed by atoms with E-state index >= 15 is 0 Å². The Balaban J connectivity index is 1.84. The van der Waals surface area contributed by atoms with Crippen molar-refractivity contribution in [2.75, 3.05) is 4.72 Å². The molecule has 3 rings (SSSR count). The van der Waals surface area contributed by atoms with Gasteiger partial charge >= 0.3 is 5.97 Å². The van der Waals surface area contributed by atoms with Crippen molar-refractivity contribution in [3.8, 4) is 0 Å². The zero-order chi connectivity index (χ0) is 16.4. The molecule has 3 aromatic rings. The highest BCUT2D eigenvalue weighted by Gasteiger charge is 2.15. The van der Waals surface area contributed by atoms with Gasteiger partial charge in [0.1, 0.15) is 5.58 Å². The van der Waals surface area contributed by atoms with Crippen LogP contribution in [0.3, 0.4) is 0 Å². The monoisotopic (exact) mass is 331 g/mol. The van der Waals surface area contributed by atoms with Crippen LogP contribution < -0.4 is 4.72 Å². The summed E-state index contributed by atoms with van der Waals surface area (Å²) < 4.78 is 32.4. The lowest BCUT2D eigenvalue weighted by atomic mass is 10.2. The standard InChI is InChI=1S/C16H13NO5S/c18-16(19)9-11-1-5-14(6-2-11)23(20,21)17-13-4-3-12-7-8-22-15(12)10-13/h1-8,10,17H,9H2,(H,18,19). The van der Waals surface area contributed by atoms with Gasteiger partial charge in [-0.1, -0.05) is 12.1 Å². The lowest BCUT2D eigenvalue weighted by Gasteiger charge is -2.08. The number of sulfonamides is 1. The molecule has 0 aliphatic carbocycles. The maximum atomic E-state index is 12.4. The third-order valence-electron chi connectivity index (χ3n) is 3.30. The van der Waals surface area contributed by atoms with Crippen LogP contribution in [-0.2, 0) is 21.2 Å². The number of fused-ring (bicyclic) bond motifs is 1. The topological polar surface area (TPSA) is 96.6 Å². The molecule has 1 aromatic heterocycles. The van der Waals surface area contributed by atoms with Crippen LogP contribution in [0, 0.1) is 0 Å². The summed E-state index contributed by atoms with van der Waals surface area (Å²) in [5, 5.41) is 9.60. The fourth-order valence-electron chi connectivity index (χ4n) is 2.19. The number of carboxylic acid groups (broad SMARTS) is 1. The molecule has 7 heteroatoms. The molecule has 0 spiro atoms. The molecule has 2 aromatic carbocycles. The zero-order valence-corrected chi connectivity index (χ0v) is 12.7. The lowest BCUT2D eigenvalue weighted by molar-refractivity contribution is -0.136. The van der Waals surface area contributed by atoms with Gasteiger partial charge in [-0.15, -0.1) is 0 Å². The van der Waals surface area contributed by atoms with Crippen molar-refractivity contribution < 1.29 is 22.7 Å². The van der Waals surface area contributed by atoms with Gasteiger partial charge in [-0.05, 0) is 35.9 Å². The quantitative estimate of drug-likeness (QED) is 0.749. The molecule has 0 aliphatic heterocycles. The number of aliphatic carboxylic acids is 1. The number of benzene rings is 2. The molecular weight excluding hydrogens is 318 g/mol. The van der Waals surface area contributed by atoms with Gasteiger partial charge in [-0.2, -0.15) is 0 Å². The Kier molecular flexibility index (Phi) is 3.79. The number of nitrogens with one attached hydrogen (secondary N) is 1. The molecule has 0 aliphatic rings. The third kappa shape index (κ3) is 3.35. The molecule has 118 valence electrons. The number of anilines is 1. The van der Waals surface area contributed by atoms with Gasteiger partial charge in [0.15, 0.2) is 0 Å². The third-order valence-corrected chi connectivity index (χ3v) is 4.69. The van der Waals surface area contributed by atoms with Crippen molar-refractivity contribution in [1.82, 2.24) is 0 Å². The molecule has 6 nitrogen and oxygen atoms in total. The molecular formula is C16H13NO5S. The fourth-order valence-corrected chi connectivity index (χ4v) is 3.24. The first kappa shape index (κ1) is 15.1. The van der Waals surface area contributed by atoms with E-state index < -0.39 is 16.0 Å². The van der Waals surface area contributed by atoms with Crippen molar-refractivity contribution in [3.05, 3.63) is 60.4 Å². The summed E-state index contributed by atoms with van der Waals surface area (Å²) in [6.07, 6.45) is 1.38. The first-order valence-corrected chi connectivity index (χ1v) is 8.23. The van der Waals surface area contributed by atoms with Crippen LogP contribution in [0.15, 0.2) is 64.1 Å². The van der Waals surface area contributed by atoms with Crippen LogP contribution in [0.5, 0.6) is 0 Å². The maximum Gasteiger partial charge on any atom is 0.307 e. The SMILES string of the molecule is O=C(O)Cc1ccc(S(=O)(=O)Nc2ccc3ccoc3c2)cc1. The Morgan fingerprint density at radius 2 is 1.83 bits per heavy atom. The first-order valence-electron chi connectivity index (χ1n) is 6.75. The molecule has 0 bridgehead atoms. The maximum absolute atomic E-state index is 12.4. The minimum Gasteiger partial charge on any atom is -0.481 e. The Hall–Kier alpha value is -2.80. The van der Waals surface area contributed by atoms with Crippen molar-refractivity contribution in [2.45, 2.75) is 11.3 Å². The van der Waals surface area contributed by atoms with E-state index in [4.69, 9.17) is 9.52 Å². The van der Waals surface area contributed by atoms with Crippen LogP contribution >= 0.6 is 0 Å². The molecule has 1 heterocycles. The van der Waals surface area contributed by atoms with E-state index in [1.807, 2.05) is 0 Å². The molecule has 23 heavy (non-hydrogen) atoms. The summed E-state index contributed by atoms with van der Waals surface area (Å²) in [4.78, 5) is 10.7. The number of hydrogen-bond donors (Lipinski definition) is 2. The van der Waals surface area contributed by atoms with Gasteiger partial charge in [0.25, 0.3) is 10.0 Å². The summed E-state index contributed by atoms with van der Waals surface area (Å²) >= 11 is 0. The average Bonchev–Trinajstić information content (AvgIpc) is 2.94. The minimum absolute atomic E-state index is 0.0613. The summed E-state index contributed by atoms with van der Waals surface area (Å²) in [5.74, 6) is -0.967. The summed E-state index contributed by atoms with van der Waals surface area (Å²) in [6, 6.07) is 12.5. The number of carboxylic acids is 1. The first-order chi connectivity index (χ1) is 10.9. The number of carbonyl (C=O) groups is 1. The smallest absolute Gasteiger partial charge is 0.307 e. The Bertz CT molecular complexity index is 958. The molecule has 0 amide bonds. The molecule has 0 saturated heterocycles. The van der Waals surface area contributed by atoms with E-state index in [-0.39, 0.29) is 11.3 Å². The molecule has 0 fully saturated rings. The van der Waals surface area contributed by atoms with Crippen molar-refractivity contribution in [1.29, 1.82) is 0 Å². The number of rotatable bonds is 5. The summed E-state index contributed by atoms with van der Waals surface area (Å²) in [5.41, 5.74) is 1.51. The normalized spacial score (nSPS) is 11.5. The molecule has 0 saturated carbocycles. The lowest BCUT2D eigenvalue weighted by Crippen LogP contribution is -2.13. The fraction of sp³-hybridized carbons (Fsp3) is 0.0625. The highest BCUT2D eigenvalue weighted by molar-refractivity contribution is 7.92. The summed E-state index contributed by atoms with van der Waals surface area (Å²) in [6.45, 7) is 0. The largest absolute Gasteiger partial charge is 0.481 e. The molecule has 2 N–H and O–H groups in total. The van der Waals surface area contributed by atoms with Gasteiger partial charge in [0, 0.05) is 11.5 Å². The van der Waals surface area contributed by atoms with E-state index in [9.17, 15) is 13.2 Å². The average molecular weight is 331 g/mol. The Morgan fingerprint density at radius 3 is 2.52 bits per heavy atom. The van der Waals surface area contributed by atoms with Crippen molar-refractivity contribution in [2.24, 2.45) is 0 Å². The number of hydrogen-bond acceptors (Lipinski definition) is 4. The molecule has 0 unspecified atom stereocenters. The highest BCUT2D eigenvalue weighted by Crippen LogP contribution is 2.22. The highest BCUT2D eigenvalue weighted by atomic mass is 32.2. The van der Waals surface area contributed by atoms with Gasteiger partial charge in [0.05, 0.1) is 23.3 Å². The van der Waals surface area contributed by atoms with Gasteiger partial charge in [-0.25, -0.2) is 8.42 Å². The van der Waals surface area contributed by atoms with Gasteiger partial charge < -0.3 is 9.52 Å². The van der Waals surface area contributed by atoms with E-state index in [0.717, 1.165) is 5.39 Å². The second-order valence-electron chi connectivity index (χ2n) is 4.99. The van der Waals surface area contributed by atoms with Crippen LogP contribution in [0.2, 0.25) is 0 Å². The van der Waals surface area contributed by atoms with Crippen LogP contribution in [0.25, 0.3) is 11.0 Å². The van der Waals surface area contributed by atoms with Crippen LogP contribution in [0.1, 0.15) is 5.56 Å². The zero-order valence-electron chi connectivity index (χ0n) is 11.9.